The molecule has 0 aromatic heterocycles. The number of esters is 5. The third kappa shape index (κ3) is 8.46. The van der Waals surface area contributed by atoms with E-state index in [0.717, 1.165) is 27.7 Å². The van der Waals surface area contributed by atoms with Gasteiger partial charge in [0.2, 0.25) is 18.1 Å². The van der Waals surface area contributed by atoms with Crippen LogP contribution < -0.4 is 14.2 Å². The minimum Gasteiger partial charge on any atom is -0.493 e. The molecule has 0 radical (unpaired) electrons. The number of methoxy groups -OCH3 is 2. The third-order valence-corrected chi connectivity index (χ3v) is 5.11. The predicted octanol–water partition coefficient (Wildman–Crippen LogP) is 1.23. The zero-order valence-electron chi connectivity index (χ0n) is 22.7. The SMILES string of the molecule is CCOc1c(OC)cc(COC(=O)[C@H]2O[C@H](OC(C)=O)[C@H](OC(C)=O)[C@@H](OC(C)=O)[C@@H]2OC(C)=O)cc1OC. The fraction of sp³-hybridized carbons (Fsp3) is 0.560. The van der Waals surface area contributed by atoms with Crippen LogP contribution in [0.25, 0.3) is 0 Å². The zero-order valence-corrected chi connectivity index (χ0v) is 22.7. The number of rotatable bonds is 11. The van der Waals surface area contributed by atoms with Crippen LogP contribution in [0.2, 0.25) is 0 Å². The van der Waals surface area contributed by atoms with Gasteiger partial charge in [0.15, 0.2) is 29.8 Å². The molecular formula is C25H32O14. The smallest absolute Gasteiger partial charge is 0.339 e. The summed E-state index contributed by atoms with van der Waals surface area (Å²) in [6.07, 6.45) is -8.23. The van der Waals surface area contributed by atoms with Gasteiger partial charge in [-0.2, -0.15) is 0 Å². The van der Waals surface area contributed by atoms with E-state index in [2.05, 4.69) is 0 Å². The molecule has 14 nitrogen and oxygen atoms in total. The molecule has 0 N–H and O–H groups in total. The second kappa shape index (κ2) is 14.2. The van der Waals surface area contributed by atoms with Gasteiger partial charge in [-0.15, -0.1) is 0 Å². The molecule has 0 saturated carbocycles. The summed E-state index contributed by atoms with van der Waals surface area (Å²) in [5.41, 5.74) is 0.436. The fourth-order valence-corrected chi connectivity index (χ4v) is 3.76. The third-order valence-electron chi connectivity index (χ3n) is 5.11. The van der Waals surface area contributed by atoms with Crippen molar-refractivity contribution in [2.45, 2.75) is 71.9 Å². The van der Waals surface area contributed by atoms with Crippen molar-refractivity contribution in [2.75, 3.05) is 20.8 Å². The van der Waals surface area contributed by atoms with E-state index in [0.29, 0.717) is 29.4 Å². The summed E-state index contributed by atoms with van der Waals surface area (Å²) in [6.45, 7) is 6.00. The quantitative estimate of drug-likeness (QED) is 0.282. The molecule has 0 aliphatic carbocycles. The summed E-state index contributed by atoms with van der Waals surface area (Å²) >= 11 is 0. The summed E-state index contributed by atoms with van der Waals surface area (Å²) in [5, 5.41) is 0. The molecule has 1 saturated heterocycles. The van der Waals surface area contributed by atoms with Gasteiger partial charge in [0.05, 0.1) is 20.8 Å². The molecular weight excluding hydrogens is 524 g/mol. The van der Waals surface area contributed by atoms with Crippen molar-refractivity contribution in [3.63, 3.8) is 0 Å². The number of ether oxygens (including phenoxy) is 9. The lowest BCUT2D eigenvalue weighted by atomic mass is 9.97. The molecule has 1 aromatic rings. The van der Waals surface area contributed by atoms with Crippen molar-refractivity contribution in [2.24, 2.45) is 0 Å². The lowest BCUT2D eigenvalue weighted by Crippen LogP contribution is -2.64. The molecule has 2 rings (SSSR count). The summed E-state index contributed by atoms with van der Waals surface area (Å²) in [6, 6.07) is 3.12. The van der Waals surface area contributed by atoms with Crippen molar-refractivity contribution in [1.82, 2.24) is 0 Å². The van der Waals surface area contributed by atoms with E-state index in [9.17, 15) is 24.0 Å². The molecule has 14 heteroatoms. The van der Waals surface area contributed by atoms with Crippen molar-refractivity contribution < 1.29 is 66.6 Å². The molecule has 216 valence electrons. The maximum atomic E-state index is 13.2. The highest BCUT2D eigenvalue weighted by molar-refractivity contribution is 5.77. The van der Waals surface area contributed by atoms with E-state index in [4.69, 9.17) is 42.6 Å². The molecule has 0 unspecified atom stereocenters. The average Bonchev–Trinajstić information content (AvgIpc) is 2.85. The van der Waals surface area contributed by atoms with Crippen molar-refractivity contribution in [3.05, 3.63) is 17.7 Å². The Hall–Kier alpha value is -4.07. The maximum Gasteiger partial charge on any atom is 0.339 e. The van der Waals surface area contributed by atoms with E-state index in [1.807, 2.05) is 0 Å². The molecule has 1 aliphatic heterocycles. The topological polar surface area (TPSA) is 168 Å². The first-order valence-electron chi connectivity index (χ1n) is 11.8. The minimum absolute atomic E-state index is 0.322. The van der Waals surface area contributed by atoms with Gasteiger partial charge in [-0.3, -0.25) is 19.2 Å². The van der Waals surface area contributed by atoms with Crippen LogP contribution in [-0.2, 0) is 59.0 Å². The van der Waals surface area contributed by atoms with Crippen LogP contribution in [0.15, 0.2) is 12.1 Å². The highest BCUT2D eigenvalue weighted by Crippen LogP contribution is 2.39. The van der Waals surface area contributed by atoms with Crippen LogP contribution in [-0.4, -0.2) is 81.4 Å². The summed E-state index contributed by atoms with van der Waals surface area (Å²) in [4.78, 5) is 60.5. The Morgan fingerprint density at radius 1 is 0.744 bits per heavy atom. The monoisotopic (exact) mass is 556 g/mol. The summed E-state index contributed by atoms with van der Waals surface area (Å²) in [5.74, 6) is -3.50. The second-order valence-electron chi connectivity index (χ2n) is 8.13. The molecule has 1 heterocycles. The van der Waals surface area contributed by atoms with Crippen LogP contribution in [0.3, 0.4) is 0 Å². The van der Waals surface area contributed by atoms with Crippen molar-refractivity contribution in [3.8, 4) is 17.2 Å². The zero-order chi connectivity index (χ0) is 29.3. The molecule has 39 heavy (non-hydrogen) atoms. The fourth-order valence-electron chi connectivity index (χ4n) is 3.76. The molecule has 1 fully saturated rings. The predicted molar refractivity (Wildman–Crippen MR) is 128 cm³/mol. The van der Waals surface area contributed by atoms with Crippen molar-refractivity contribution in [1.29, 1.82) is 0 Å². The maximum absolute atomic E-state index is 13.2. The summed E-state index contributed by atoms with van der Waals surface area (Å²) < 4.78 is 48.0. The van der Waals surface area contributed by atoms with E-state index in [1.54, 1.807) is 19.1 Å². The Morgan fingerprint density at radius 2 is 1.23 bits per heavy atom. The molecule has 1 aliphatic rings. The Balaban J connectivity index is 2.42. The van der Waals surface area contributed by atoms with Crippen LogP contribution in [0, 0.1) is 0 Å². The lowest BCUT2D eigenvalue weighted by Gasteiger charge is -2.42. The van der Waals surface area contributed by atoms with Crippen LogP contribution in [0.1, 0.15) is 40.2 Å². The standard InChI is InChI=1S/C25H32O14/c1-8-33-19-17(31-6)9-16(10-18(19)32-7)11-34-24(30)22-20(35-12(2)26)21(36-13(3)27)23(37-14(4)28)25(39-22)38-15(5)29/h9-10,20-23,25H,8,11H2,1-7H3/t20-,21-,22-,23+,25-/m0/s1. The van der Waals surface area contributed by atoms with Gasteiger partial charge in [-0.1, -0.05) is 0 Å². The number of hydrogen-bond donors (Lipinski definition) is 0. The molecule has 5 atom stereocenters. The average molecular weight is 557 g/mol. The first-order valence-corrected chi connectivity index (χ1v) is 11.8. The minimum atomic E-state index is -1.75. The highest BCUT2D eigenvalue weighted by Gasteiger charge is 2.56. The van der Waals surface area contributed by atoms with Gasteiger partial charge in [-0.25, -0.2) is 4.79 Å². The van der Waals surface area contributed by atoms with E-state index < -0.39 is 60.6 Å². The first kappa shape index (κ1) is 31.1. The van der Waals surface area contributed by atoms with Gasteiger partial charge in [0, 0.05) is 27.7 Å². The molecule has 0 amide bonds. The Bertz CT molecular complexity index is 1040. The Labute approximate surface area is 224 Å². The highest BCUT2D eigenvalue weighted by atomic mass is 16.7. The van der Waals surface area contributed by atoms with Crippen LogP contribution >= 0.6 is 0 Å². The molecule has 1 aromatic carbocycles. The van der Waals surface area contributed by atoms with Gasteiger partial charge in [0.25, 0.3) is 0 Å². The van der Waals surface area contributed by atoms with Crippen molar-refractivity contribution >= 4 is 29.8 Å². The normalized spacial score (nSPS) is 22.1. The van der Waals surface area contributed by atoms with Gasteiger partial charge < -0.3 is 42.6 Å². The van der Waals surface area contributed by atoms with Gasteiger partial charge in [0.1, 0.15) is 6.61 Å². The van der Waals surface area contributed by atoms with E-state index >= 15 is 0 Å². The largest absolute Gasteiger partial charge is 0.493 e. The molecule has 0 bridgehead atoms. The Kier molecular flexibility index (Phi) is 11.3. The molecule has 0 spiro atoms. The number of benzene rings is 1. The second-order valence-corrected chi connectivity index (χ2v) is 8.13. The van der Waals surface area contributed by atoms with Gasteiger partial charge in [-0.05, 0) is 24.6 Å². The van der Waals surface area contributed by atoms with Crippen LogP contribution in [0.5, 0.6) is 17.2 Å². The van der Waals surface area contributed by atoms with E-state index in [-0.39, 0.29) is 6.61 Å². The van der Waals surface area contributed by atoms with E-state index in [1.165, 1.54) is 14.2 Å². The first-order chi connectivity index (χ1) is 18.4. The number of hydrogen-bond acceptors (Lipinski definition) is 14. The van der Waals surface area contributed by atoms with Crippen LogP contribution in [0.4, 0.5) is 0 Å². The summed E-state index contributed by atoms with van der Waals surface area (Å²) in [7, 11) is 2.85. The number of carbonyl (C=O) groups excluding carboxylic acids is 5. The Morgan fingerprint density at radius 3 is 1.69 bits per heavy atom. The number of carbonyl (C=O) groups is 5. The lowest BCUT2D eigenvalue weighted by molar-refractivity contribution is -0.294. The van der Waals surface area contributed by atoms with Gasteiger partial charge >= 0.3 is 29.8 Å².